The van der Waals surface area contributed by atoms with Gasteiger partial charge in [0.05, 0.1) is 6.20 Å². The third kappa shape index (κ3) is 3.12. The molecule has 2 aliphatic rings. The van der Waals surface area contributed by atoms with Crippen molar-refractivity contribution in [1.29, 1.82) is 0 Å². The number of fused-ring (bicyclic) bond motifs is 1. The van der Waals surface area contributed by atoms with Gasteiger partial charge in [-0.25, -0.2) is 4.68 Å². The summed E-state index contributed by atoms with van der Waals surface area (Å²) < 4.78 is 2.09. The molecule has 1 N–H and O–H groups in total. The minimum absolute atomic E-state index is 0.0921. The summed E-state index contributed by atoms with van der Waals surface area (Å²) in [7, 11) is 0. The summed E-state index contributed by atoms with van der Waals surface area (Å²) in [5, 5.41) is 7.37. The number of carbonyl (C=O) groups is 1. The Kier molecular flexibility index (Phi) is 4.27. The highest BCUT2D eigenvalue weighted by molar-refractivity contribution is 5.86. The van der Waals surface area contributed by atoms with Gasteiger partial charge in [0.1, 0.15) is 5.82 Å². The van der Waals surface area contributed by atoms with E-state index in [2.05, 4.69) is 32.6 Å². The van der Waals surface area contributed by atoms with Gasteiger partial charge < -0.3 is 10.2 Å². The molecule has 0 radical (unpaired) electrons. The van der Waals surface area contributed by atoms with Crippen molar-refractivity contribution in [3.8, 4) is 0 Å². The number of hydrogen-bond donors (Lipinski definition) is 1. The predicted octanol–water partition coefficient (Wildman–Crippen LogP) is 1.95. The number of carbonyl (C=O) groups excluding carboxylic acids is 1. The molecule has 1 amide bonds. The first-order chi connectivity index (χ1) is 10.3. The molecule has 0 spiro atoms. The lowest BCUT2D eigenvalue weighted by Gasteiger charge is -2.41. The van der Waals surface area contributed by atoms with Crippen LogP contribution in [0.1, 0.15) is 32.1 Å². The fraction of sp³-hybridized carbons (Fsp3) is 0.625. The lowest BCUT2D eigenvalue weighted by Crippen LogP contribution is -2.48. The van der Waals surface area contributed by atoms with Crippen LogP contribution >= 0.6 is 0 Å². The summed E-state index contributed by atoms with van der Waals surface area (Å²) in [5.41, 5.74) is 0. The Balaban J connectivity index is 1.70. The summed E-state index contributed by atoms with van der Waals surface area (Å²) in [6, 6.07) is 2.75. The van der Waals surface area contributed by atoms with Crippen LogP contribution in [0.15, 0.2) is 24.9 Å². The molecule has 3 rings (SSSR count). The number of aromatic nitrogens is 2. The van der Waals surface area contributed by atoms with E-state index >= 15 is 0 Å². The van der Waals surface area contributed by atoms with Crippen molar-refractivity contribution in [2.24, 2.45) is 5.92 Å². The molecule has 1 unspecified atom stereocenters. The number of hydrogen-bond acceptors (Lipinski definition) is 3. The lowest BCUT2D eigenvalue weighted by molar-refractivity contribution is -0.116. The van der Waals surface area contributed by atoms with Gasteiger partial charge in [0.2, 0.25) is 5.91 Å². The molecule has 1 aromatic heterocycles. The molecule has 5 nitrogen and oxygen atoms in total. The summed E-state index contributed by atoms with van der Waals surface area (Å²) in [6.45, 7) is 6.07. The molecule has 1 aromatic rings. The van der Waals surface area contributed by atoms with Gasteiger partial charge in [-0.2, -0.15) is 5.10 Å². The van der Waals surface area contributed by atoms with E-state index in [0.717, 1.165) is 13.1 Å². The monoisotopic (exact) mass is 288 g/mol. The van der Waals surface area contributed by atoms with Gasteiger partial charge in [-0.1, -0.05) is 25.8 Å². The van der Waals surface area contributed by atoms with E-state index in [1.807, 2.05) is 6.20 Å². The summed E-state index contributed by atoms with van der Waals surface area (Å²) >= 11 is 0. The highest BCUT2D eigenvalue weighted by Gasteiger charge is 2.30. The summed E-state index contributed by atoms with van der Waals surface area (Å²) in [4.78, 5) is 13.9. The van der Waals surface area contributed by atoms with E-state index < -0.39 is 0 Å². The Morgan fingerprint density at radius 2 is 2.19 bits per heavy atom. The topological polar surface area (TPSA) is 50.2 Å². The maximum Gasteiger partial charge on any atom is 0.243 e. The third-order valence-electron chi connectivity index (χ3n) is 4.64. The second-order valence-corrected chi connectivity index (χ2v) is 6.13. The standard InChI is InChI=1S/C16H24N4O/c1-2-15(21)17-10-13-11-19(14-6-4-3-5-7-14)16-8-9-18-20(16)12-13/h2,8-9,13-14H,1,3-7,10-12H2,(H,17,21). The summed E-state index contributed by atoms with van der Waals surface area (Å²) in [6.07, 6.45) is 9.79. The van der Waals surface area contributed by atoms with E-state index in [-0.39, 0.29) is 5.91 Å². The maximum absolute atomic E-state index is 11.4. The van der Waals surface area contributed by atoms with Crippen LogP contribution in [0.4, 0.5) is 5.82 Å². The van der Waals surface area contributed by atoms with E-state index in [9.17, 15) is 4.79 Å². The van der Waals surface area contributed by atoms with Crippen LogP contribution < -0.4 is 10.2 Å². The quantitative estimate of drug-likeness (QED) is 0.862. The second kappa shape index (κ2) is 6.33. The first kappa shape index (κ1) is 14.2. The van der Waals surface area contributed by atoms with Gasteiger partial charge >= 0.3 is 0 Å². The number of rotatable bonds is 4. The Bertz CT molecular complexity index is 504. The van der Waals surface area contributed by atoms with Gasteiger partial charge in [0.15, 0.2) is 0 Å². The average molecular weight is 288 g/mol. The molecule has 2 heterocycles. The van der Waals surface area contributed by atoms with Crippen molar-refractivity contribution in [3.63, 3.8) is 0 Å². The van der Waals surface area contributed by atoms with Crippen LogP contribution in [0.2, 0.25) is 0 Å². The average Bonchev–Trinajstić information content (AvgIpc) is 3.01. The number of anilines is 1. The van der Waals surface area contributed by atoms with Crippen LogP contribution in [-0.2, 0) is 11.3 Å². The second-order valence-electron chi connectivity index (χ2n) is 6.13. The van der Waals surface area contributed by atoms with Gasteiger partial charge in [-0.05, 0) is 18.9 Å². The third-order valence-corrected chi connectivity index (χ3v) is 4.64. The fourth-order valence-corrected chi connectivity index (χ4v) is 3.56. The van der Waals surface area contributed by atoms with E-state index in [4.69, 9.17) is 0 Å². The minimum atomic E-state index is -0.0921. The Hall–Kier alpha value is -1.78. The van der Waals surface area contributed by atoms with Crippen LogP contribution in [-0.4, -0.2) is 34.8 Å². The van der Waals surface area contributed by atoms with Gasteiger partial charge in [0.25, 0.3) is 0 Å². The predicted molar refractivity (Wildman–Crippen MR) is 83.1 cm³/mol. The first-order valence-corrected chi connectivity index (χ1v) is 7.96. The van der Waals surface area contributed by atoms with E-state index in [1.165, 1.54) is 44.0 Å². The number of nitrogens with zero attached hydrogens (tertiary/aromatic N) is 3. The first-order valence-electron chi connectivity index (χ1n) is 7.96. The molecule has 1 aliphatic heterocycles. The van der Waals surface area contributed by atoms with Crippen LogP contribution in [0.25, 0.3) is 0 Å². The molecule has 1 saturated carbocycles. The zero-order valence-electron chi connectivity index (χ0n) is 12.5. The van der Waals surface area contributed by atoms with Crippen molar-refractivity contribution in [1.82, 2.24) is 15.1 Å². The molecule has 0 saturated heterocycles. The largest absolute Gasteiger partial charge is 0.353 e. The number of amides is 1. The maximum atomic E-state index is 11.4. The Morgan fingerprint density at radius 1 is 1.38 bits per heavy atom. The Morgan fingerprint density at radius 3 is 2.95 bits per heavy atom. The minimum Gasteiger partial charge on any atom is -0.353 e. The molecule has 0 aromatic carbocycles. The molecular formula is C16H24N4O. The zero-order valence-corrected chi connectivity index (χ0v) is 12.5. The molecule has 1 atom stereocenters. The van der Waals surface area contributed by atoms with Crippen LogP contribution in [0, 0.1) is 5.92 Å². The highest BCUT2D eigenvalue weighted by Crippen LogP contribution is 2.31. The SMILES string of the molecule is C=CC(=O)NCC1CN(C2CCCCC2)c2ccnn2C1. The fourth-order valence-electron chi connectivity index (χ4n) is 3.56. The van der Waals surface area contributed by atoms with Crippen LogP contribution in [0.5, 0.6) is 0 Å². The van der Waals surface area contributed by atoms with Crippen molar-refractivity contribution in [2.45, 2.75) is 44.7 Å². The van der Waals surface area contributed by atoms with Crippen molar-refractivity contribution >= 4 is 11.7 Å². The molecule has 0 bridgehead atoms. The normalized spacial score (nSPS) is 22.7. The van der Waals surface area contributed by atoms with Crippen molar-refractivity contribution < 1.29 is 4.79 Å². The summed E-state index contributed by atoms with van der Waals surface area (Å²) in [5.74, 6) is 1.56. The van der Waals surface area contributed by atoms with E-state index in [0.29, 0.717) is 18.5 Å². The van der Waals surface area contributed by atoms with Crippen LogP contribution in [0.3, 0.4) is 0 Å². The number of nitrogens with one attached hydrogen (secondary N) is 1. The van der Waals surface area contributed by atoms with Gasteiger partial charge in [-0.15, -0.1) is 0 Å². The van der Waals surface area contributed by atoms with Crippen molar-refractivity contribution in [2.75, 3.05) is 18.0 Å². The molecule has 5 heteroatoms. The zero-order chi connectivity index (χ0) is 14.7. The van der Waals surface area contributed by atoms with Gasteiger partial charge in [0, 0.05) is 37.7 Å². The smallest absolute Gasteiger partial charge is 0.243 e. The highest BCUT2D eigenvalue weighted by atomic mass is 16.1. The van der Waals surface area contributed by atoms with Gasteiger partial charge in [-0.3, -0.25) is 4.79 Å². The molecule has 21 heavy (non-hydrogen) atoms. The molecular weight excluding hydrogens is 264 g/mol. The Labute approximate surface area is 126 Å². The molecule has 1 aliphatic carbocycles. The van der Waals surface area contributed by atoms with E-state index in [1.54, 1.807) is 0 Å². The molecule has 114 valence electrons. The lowest BCUT2D eigenvalue weighted by atomic mass is 9.92. The van der Waals surface area contributed by atoms with Crippen molar-refractivity contribution in [3.05, 3.63) is 24.9 Å². The molecule has 1 fully saturated rings.